The van der Waals surface area contributed by atoms with Gasteiger partial charge in [-0.15, -0.1) is 0 Å². The number of aliphatic hydroxyl groups excluding tert-OH is 3. The van der Waals surface area contributed by atoms with E-state index < -0.39 is 75.7 Å². The number of phosphoric ester groups is 1. The number of rotatable bonds is 10. The van der Waals surface area contributed by atoms with E-state index in [0.29, 0.717) is 5.65 Å². The number of nitrogens with two attached hydrogens (primary N) is 2. The largest absolute Gasteiger partial charge is 0.472 e. The summed E-state index contributed by atoms with van der Waals surface area (Å²) in [6.45, 7) is 0.492. The number of H-pyrrole nitrogens is 1. The zero-order valence-corrected chi connectivity index (χ0v) is 23.7. The van der Waals surface area contributed by atoms with Crippen LogP contribution in [0, 0.1) is 0 Å². The molecule has 21 nitrogen and oxygen atoms in total. The van der Waals surface area contributed by atoms with Crippen LogP contribution in [0.15, 0.2) is 23.8 Å². The highest BCUT2D eigenvalue weighted by Crippen LogP contribution is 2.50. The lowest BCUT2D eigenvalue weighted by Gasteiger charge is -2.26. The van der Waals surface area contributed by atoms with E-state index in [1.54, 1.807) is 6.92 Å². The lowest BCUT2D eigenvalue weighted by atomic mass is 10.1. The van der Waals surface area contributed by atoms with Crippen molar-refractivity contribution < 1.29 is 48.0 Å². The van der Waals surface area contributed by atoms with Gasteiger partial charge in [-0.25, -0.2) is 24.5 Å². The Labute approximate surface area is 246 Å². The van der Waals surface area contributed by atoms with E-state index in [0.717, 1.165) is 0 Å². The molecule has 2 saturated heterocycles. The highest BCUT2D eigenvalue weighted by molar-refractivity contribution is 7.47. The molecule has 6 rings (SSSR count). The van der Waals surface area contributed by atoms with Crippen LogP contribution >= 0.6 is 7.82 Å². The van der Waals surface area contributed by atoms with Gasteiger partial charge in [0.05, 0.1) is 25.9 Å². The Morgan fingerprint density at radius 3 is 2.43 bits per heavy atom. The third-order valence-electron chi connectivity index (χ3n) is 7.20. The van der Waals surface area contributed by atoms with Crippen molar-refractivity contribution in [1.82, 2.24) is 39.0 Å². The van der Waals surface area contributed by atoms with Gasteiger partial charge >= 0.3 is 7.82 Å². The number of aliphatic hydroxyl groups is 3. The first-order chi connectivity index (χ1) is 21.0. The monoisotopic (exact) mass is 640 g/mol. The Kier molecular flexibility index (Phi) is 8.09. The number of hydrogen-bond donors (Lipinski definition) is 7. The van der Waals surface area contributed by atoms with Crippen molar-refractivity contribution in [1.29, 1.82) is 0 Å². The minimum Gasteiger partial charge on any atom is -0.394 e. The summed E-state index contributed by atoms with van der Waals surface area (Å²) in [5.74, 6) is -0.0859. The average Bonchev–Trinajstić information content (AvgIpc) is 3.74. The first kappa shape index (κ1) is 30.4. The number of nitrogens with one attached hydrogen (secondary N) is 1. The van der Waals surface area contributed by atoms with Crippen molar-refractivity contribution >= 4 is 41.9 Å². The summed E-state index contributed by atoms with van der Waals surface area (Å²) in [7, 11) is -4.95. The standard InChI is InChI=1S/C22H29N10O11P/c1-2-39-15-14(8(3-33)41-21(15)31-6-27-10-16(23)25-5-26-17(10)31)43-44(37,38)40-4-9-12(34)13(35)20(42-9)32-7-28-11-18(32)29-22(24)30-19(11)36/h5-9,12-15,20-21,33-35H,2-4H2,1H3,(H,37,38)(H2,23,25,26)(H3,24,29,30,36)/t8?,9-,12-,13-,14-,15-,20-,21-/m1/s1. The van der Waals surface area contributed by atoms with Crippen LogP contribution in [0.1, 0.15) is 19.4 Å². The molecule has 44 heavy (non-hydrogen) atoms. The third kappa shape index (κ3) is 5.32. The lowest BCUT2D eigenvalue weighted by molar-refractivity contribution is -0.0685. The second kappa shape index (κ2) is 11.7. The van der Waals surface area contributed by atoms with E-state index in [-0.39, 0.29) is 35.1 Å². The third-order valence-corrected chi connectivity index (χ3v) is 8.19. The van der Waals surface area contributed by atoms with Gasteiger partial charge in [0, 0.05) is 6.61 Å². The number of imidazole rings is 2. The molecule has 6 heterocycles. The summed E-state index contributed by atoms with van der Waals surface area (Å²) in [5, 5.41) is 31.3. The SMILES string of the molecule is CCO[C@@H]1[C@H](OP(=O)(O)OC[C@H]2O[C@@H](n3cnc4c(=O)[nH]c(N)nc43)[C@H](O)[C@@H]2O)C(CO)O[C@H]1n1cnc2c(N)ncnc21. The van der Waals surface area contributed by atoms with Crippen LogP contribution in [0.4, 0.5) is 11.8 Å². The summed E-state index contributed by atoms with van der Waals surface area (Å²) >= 11 is 0. The van der Waals surface area contributed by atoms with E-state index in [4.69, 9.17) is 34.7 Å². The summed E-state index contributed by atoms with van der Waals surface area (Å²) in [6, 6.07) is 0. The normalized spacial score (nSPS) is 30.4. The zero-order valence-electron chi connectivity index (χ0n) is 22.9. The molecule has 4 aromatic heterocycles. The number of phosphoric acid groups is 1. The molecule has 9 atom stereocenters. The van der Waals surface area contributed by atoms with Crippen LogP contribution in [-0.4, -0.2) is 116 Å². The van der Waals surface area contributed by atoms with E-state index in [2.05, 4.69) is 29.9 Å². The highest BCUT2D eigenvalue weighted by atomic mass is 31.2. The lowest BCUT2D eigenvalue weighted by Crippen LogP contribution is -2.38. The molecule has 238 valence electrons. The molecule has 9 N–H and O–H groups in total. The number of aromatic amines is 1. The van der Waals surface area contributed by atoms with Gasteiger partial charge in [0.1, 0.15) is 48.5 Å². The Morgan fingerprint density at radius 1 is 1.00 bits per heavy atom. The number of nitrogens with zero attached hydrogens (tertiary/aromatic N) is 7. The summed E-state index contributed by atoms with van der Waals surface area (Å²) in [6.07, 6.45) is -6.55. The molecule has 0 radical (unpaired) electrons. The second-order valence-corrected chi connectivity index (χ2v) is 11.3. The van der Waals surface area contributed by atoms with Crippen LogP contribution in [0.5, 0.6) is 0 Å². The minimum atomic E-state index is -4.95. The van der Waals surface area contributed by atoms with Gasteiger partial charge in [0.25, 0.3) is 5.56 Å². The number of nitrogen functional groups attached to an aromatic ring is 2. The van der Waals surface area contributed by atoms with Gasteiger partial charge in [-0.05, 0) is 6.92 Å². The van der Waals surface area contributed by atoms with Gasteiger partial charge in [-0.1, -0.05) is 0 Å². The number of fused-ring (bicyclic) bond motifs is 2. The van der Waals surface area contributed by atoms with Gasteiger partial charge < -0.3 is 45.9 Å². The molecule has 0 amide bonds. The quantitative estimate of drug-likeness (QED) is 0.0884. The Balaban J connectivity index is 1.17. The second-order valence-electron chi connectivity index (χ2n) is 9.91. The molecule has 2 unspecified atom stereocenters. The molecular weight excluding hydrogens is 611 g/mol. The van der Waals surface area contributed by atoms with Crippen LogP contribution in [0.3, 0.4) is 0 Å². The molecular formula is C22H29N10O11P. The molecule has 22 heteroatoms. The van der Waals surface area contributed by atoms with E-state index in [1.165, 1.54) is 28.1 Å². The van der Waals surface area contributed by atoms with Crippen molar-refractivity contribution in [3.05, 3.63) is 29.3 Å². The topological polar surface area (TPSA) is 303 Å². The molecule has 0 aliphatic carbocycles. The molecule has 0 aromatic carbocycles. The van der Waals surface area contributed by atoms with Gasteiger partial charge in [-0.2, -0.15) is 4.98 Å². The van der Waals surface area contributed by atoms with E-state index >= 15 is 0 Å². The Hall–Kier alpha value is -3.63. The highest BCUT2D eigenvalue weighted by Gasteiger charge is 2.51. The molecule has 0 bridgehead atoms. The number of hydrogen-bond acceptors (Lipinski definition) is 17. The first-order valence-corrected chi connectivity index (χ1v) is 14.7. The van der Waals surface area contributed by atoms with Crippen molar-refractivity contribution in [2.24, 2.45) is 0 Å². The molecule has 2 aliphatic rings. The average molecular weight is 641 g/mol. The predicted molar refractivity (Wildman–Crippen MR) is 145 cm³/mol. The van der Waals surface area contributed by atoms with E-state index in [1.807, 2.05) is 0 Å². The summed E-state index contributed by atoms with van der Waals surface area (Å²) in [5.41, 5.74) is 11.3. The summed E-state index contributed by atoms with van der Waals surface area (Å²) < 4.78 is 43.8. The number of ether oxygens (including phenoxy) is 3. The molecule has 0 saturated carbocycles. The fraction of sp³-hybridized carbons (Fsp3) is 0.545. The minimum absolute atomic E-state index is 0.0205. The van der Waals surface area contributed by atoms with Gasteiger partial charge in [0.15, 0.2) is 35.1 Å². The fourth-order valence-electron chi connectivity index (χ4n) is 5.21. The number of anilines is 2. The first-order valence-electron chi connectivity index (χ1n) is 13.2. The van der Waals surface area contributed by atoms with E-state index in [9.17, 15) is 29.6 Å². The van der Waals surface area contributed by atoms with Gasteiger partial charge in [0.2, 0.25) is 5.95 Å². The molecule has 2 aliphatic heterocycles. The molecule has 4 aromatic rings. The van der Waals surface area contributed by atoms with Crippen molar-refractivity contribution in [3.8, 4) is 0 Å². The number of aromatic nitrogens is 8. The maximum absolute atomic E-state index is 13.1. The Bertz CT molecular complexity index is 1770. The van der Waals surface area contributed by atoms with Crippen LogP contribution in [0.2, 0.25) is 0 Å². The maximum atomic E-state index is 13.1. The Morgan fingerprint density at radius 2 is 1.70 bits per heavy atom. The predicted octanol–water partition coefficient (Wildman–Crippen LogP) is -2.46. The van der Waals surface area contributed by atoms with Crippen LogP contribution in [-0.2, 0) is 27.8 Å². The van der Waals surface area contributed by atoms with Crippen LogP contribution in [0.25, 0.3) is 22.3 Å². The van der Waals surface area contributed by atoms with Crippen molar-refractivity contribution in [2.45, 2.75) is 56.0 Å². The van der Waals surface area contributed by atoms with Crippen molar-refractivity contribution in [3.63, 3.8) is 0 Å². The molecule has 0 spiro atoms. The van der Waals surface area contributed by atoms with Crippen LogP contribution < -0.4 is 17.0 Å². The smallest absolute Gasteiger partial charge is 0.394 e. The van der Waals surface area contributed by atoms with Crippen molar-refractivity contribution in [2.75, 3.05) is 31.3 Å². The van der Waals surface area contributed by atoms with Gasteiger partial charge in [-0.3, -0.25) is 28.0 Å². The zero-order chi connectivity index (χ0) is 31.3. The summed E-state index contributed by atoms with van der Waals surface area (Å²) in [4.78, 5) is 45.3. The fourth-order valence-corrected chi connectivity index (χ4v) is 6.17. The maximum Gasteiger partial charge on any atom is 0.472 e. The molecule has 2 fully saturated rings.